The Morgan fingerprint density at radius 2 is 2.19 bits per heavy atom. The summed E-state index contributed by atoms with van der Waals surface area (Å²) >= 11 is 1.14. The molecule has 108 valence electrons. The molecule has 0 aliphatic heterocycles. The van der Waals surface area contributed by atoms with Crippen LogP contribution in [0.4, 0.5) is 0 Å². The van der Waals surface area contributed by atoms with Crippen molar-refractivity contribution in [1.29, 1.82) is 0 Å². The number of rotatable bonds is 5. The molecule has 5 nitrogen and oxygen atoms in total. The highest BCUT2D eigenvalue weighted by Crippen LogP contribution is 2.15. The Labute approximate surface area is 126 Å². The number of aromatic nitrogens is 3. The number of nitrogens with zero attached hydrogens (tertiary/aromatic N) is 3. The van der Waals surface area contributed by atoms with E-state index in [-0.39, 0.29) is 5.91 Å². The maximum atomic E-state index is 11.9. The van der Waals surface area contributed by atoms with Gasteiger partial charge in [0.05, 0.1) is 5.69 Å². The van der Waals surface area contributed by atoms with Crippen molar-refractivity contribution in [3.8, 4) is 0 Å². The smallest absolute Gasteiger partial charge is 0.264 e. The average Bonchev–Trinajstić information content (AvgIpc) is 3.10. The number of para-hydroxylation sites is 1. The van der Waals surface area contributed by atoms with E-state index in [4.69, 9.17) is 0 Å². The molecule has 0 saturated heterocycles. The summed E-state index contributed by atoms with van der Waals surface area (Å²) in [7, 11) is 0. The standard InChI is InChI=1S/C15H16N4OS/c1-11-14(21-18-17-11)15(20)16-8-4-9-19-10-7-12-5-2-3-6-13(12)19/h2-3,5-7,10H,4,8-9H2,1H3,(H,16,20). The molecule has 3 aromatic rings. The van der Waals surface area contributed by atoms with Crippen molar-refractivity contribution in [2.24, 2.45) is 0 Å². The van der Waals surface area contributed by atoms with Crippen molar-refractivity contribution >= 4 is 28.3 Å². The van der Waals surface area contributed by atoms with Gasteiger partial charge in [-0.1, -0.05) is 22.7 Å². The molecule has 0 aliphatic rings. The predicted molar refractivity (Wildman–Crippen MR) is 83.5 cm³/mol. The van der Waals surface area contributed by atoms with Crippen LogP contribution in [0.1, 0.15) is 21.8 Å². The molecule has 0 atom stereocenters. The number of carbonyl (C=O) groups is 1. The largest absolute Gasteiger partial charge is 0.351 e. The van der Waals surface area contributed by atoms with Gasteiger partial charge in [0.25, 0.3) is 5.91 Å². The van der Waals surface area contributed by atoms with Crippen molar-refractivity contribution < 1.29 is 4.79 Å². The van der Waals surface area contributed by atoms with Crippen LogP contribution in [0.25, 0.3) is 10.9 Å². The first-order valence-corrected chi connectivity index (χ1v) is 7.64. The van der Waals surface area contributed by atoms with Crippen molar-refractivity contribution in [3.63, 3.8) is 0 Å². The Hall–Kier alpha value is -2.21. The summed E-state index contributed by atoms with van der Waals surface area (Å²) < 4.78 is 5.98. The fourth-order valence-electron chi connectivity index (χ4n) is 2.31. The summed E-state index contributed by atoms with van der Waals surface area (Å²) in [5.74, 6) is -0.0835. The van der Waals surface area contributed by atoms with E-state index in [0.717, 1.165) is 24.5 Å². The van der Waals surface area contributed by atoms with Gasteiger partial charge >= 0.3 is 0 Å². The van der Waals surface area contributed by atoms with Crippen LogP contribution in [0.3, 0.4) is 0 Å². The Morgan fingerprint density at radius 1 is 1.33 bits per heavy atom. The van der Waals surface area contributed by atoms with E-state index in [1.165, 1.54) is 10.9 Å². The number of aryl methyl sites for hydroxylation is 2. The zero-order valence-electron chi connectivity index (χ0n) is 11.7. The van der Waals surface area contributed by atoms with Crippen LogP contribution in [0.5, 0.6) is 0 Å². The van der Waals surface area contributed by atoms with Crippen LogP contribution in [0.15, 0.2) is 36.5 Å². The van der Waals surface area contributed by atoms with Crippen molar-refractivity contribution in [1.82, 2.24) is 19.5 Å². The van der Waals surface area contributed by atoms with Gasteiger partial charge in [0.1, 0.15) is 4.88 Å². The number of nitrogens with one attached hydrogen (secondary N) is 1. The summed E-state index contributed by atoms with van der Waals surface area (Å²) in [6.45, 7) is 3.32. The molecule has 0 saturated carbocycles. The van der Waals surface area contributed by atoms with Crippen molar-refractivity contribution in [2.75, 3.05) is 6.54 Å². The first-order chi connectivity index (χ1) is 10.3. The summed E-state index contributed by atoms with van der Waals surface area (Å²) in [5, 5.41) is 8.00. The second-order valence-electron chi connectivity index (χ2n) is 4.86. The SMILES string of the molecule is Cc1nnsc1C(=O)NCCCn1ccc2ccccc21. The monoisotopic (exact) mass is 300 g/mol. The second-order valence-corrected chi connectivity index (χ2v) is 5.62. The Kier molecular flexibility index (Phi) is 3.96. The number of benzene rings is 1. The quantitative estimate of drug-likeness (QED) is 0.737. The third kappa shape index (κ3) is 2.95. The van der Waals surface area contributed by atoms with Gasteiger partial charge in [0, 0.05) is 24.8 Å². The van der Waals surface area contributed by atoms with Gasteiger partial charge in [-0.05, 0) is 42.4 Å². The Morgan fingerprint density at radius 3 is 3.00 bits per heavy atom. The molecule has 2 heterocycles. The summed E-state index contributed by atoms with van der Waals surface area (Å²) in [6, 6.07) is 10.4. The number of hydrogen-bond donors (Lipinski definition) is 1. The molecular weight excluding hydrogens is 284 g/mol. The van der Waals surface area contributed by atoms with Crippen molar-refractivity contribution in [3.05, 3.63) is 47.1 Å². The van der Waals surface area contributed by atoms with E-state index in [1.807, 2.05) is 12.1 Å². The average molecular weight is 300 g/mol. The lowest BCUT2D eigenvalue weighted by Crippen LogP contribution is -2.25. The minimum absolute atomic E-state index is 0.0835. The summed E-state index contributed by atoms with van der Waals surface area (Å²) in [4.78, 5) is 12.5. The number of amides is 1. The van der Waals surface area contributed by atoms with E-state index in [0.29, 0.717) is 17.1 Å². The molecule has 2 aromatic heterocycles. The van der Waals surface area contributed by atoms with Gasteiger partial charge in [0.2, 0.25) is 0 Å². The molecule has 0 radical (unpaired) electrons. The van der Waals surface area contributed by atoms with E-state index in [1.54, 1.807) is 6.92 Å². The number of carbonyl (C=O) groups excluding carboxylic acids is 1. The first-order valence-electron chi connectivity index (χ1n) is 6.87. The summed E-state index contributed by atoms with van der Waals surface area (Å²) in [5.41, 5.74) is 1.92. The first kappa shape index (κ1) is 13.8. The third-order valence-electron chi connectivity index (χ3n) is 3.40. The predicted octanol–water partition coefficient (Wildman–Crippen LogP) is 2.62. The molecule has 0 spiro atoms. The van der Waals surface area contributed by atoms with Crippen LogP contribution in [0.2, 0.25) is 0 Å². The lowest BCUT2D eigenvalue weighted by atomic mass is 10.2. The van der Waals surface area contributed by atoms with Gasteiger partial charge < -0.3 is 9.88 Å². The minimum atomic E-state index is -0.0835. The maximum absolute atomic E-state index is 11.9. The molecule has 21 heavy (non-hydrogen) atoms. The Bertz CT molecular complexity index is 762. The third-order valence-corrected chi connectivity index (χ3v) is 4.23. The Balaban J connectivity index is 1.53. The van der Waals surface area contributed by atoms with Crippen LogP contribution in [0, 0.1) is 6.92 Å². The molecule has 6 heteroatoms. The van der Waals surface area contributed by atoms with Crippen molar-refractivity contribution in [2.45, 2.75) is 19.9 Å². The topological polar surface area (TPSA) is 59.8 Å². The zero-order valence-corrected chi connectivity index (χ0v) is 12.6. The fraction of sp³-hybridized carbons (Fsp3) is 0.267. The van der Waals surface area contributed by atoms with Gasteiger partial charge in [-0.3, -0.25) is 4.79 Å². The highest BCUT2D eigenvalue weighted by molar-refractivity contribution is 7.07. The van der Waals surface area contributed by atoms with E-state index < -0.39 is 0 Å². The molecule has 1 aromatic carbocycles. The maximum Gasteiger partial charge on any atom is 0.264 e. The summed E-state index contributed by atoms with van der Waals surface area (Å²) in [6.07, 6.45) is 2.97. The minimum Gasteiger partial charge on any atom is -0.351 e. The van der Waals surface area contributed by atoms with Crippen LogP contribution in [-0.2, 0) is 6.54 Å². The zero-order chi connectivity index (χ0) is 14.7. The van der Waals surface area contributed by atoms with E-state index >= 15 is 0 Å². The normalized spacial score (nSPS) is 10.9. The van der Waals surface area contributed by atoms with E-state index in [9.17, 15) is 4.79 Å². The molecule has 0 unspecified atom stereocenters. The molecule has 0 aliphatic carbocycles. The van der Waals surface area contributed by atoms with Gasteiger partial charge in [0.15, 0.2) is 0 Å². The molecule has 3 rings (SSSR count). The van der Waals surface area contributed by atoms with Crippen LogP contribution >= 0.6 is 11.5 Å². The van der Waals surface area contributed by atoms with Crippen LogP contribution in [-0.4, -0.2) is 26.6 Å². The molecule has 1 amide bonds. The van der Waals surface area contributed by atoms with Gasteiger partial charge in [-0.25, -0.2) is 0 Å². The molecule has 1 N–H and O–H groups in total. The van der Waals surface area contributed by atoms with Gasteiger partial charge in [-0.2, -0.15) is 0 Å². The van der Waals surface area contributed by atoms with Crippen LogP contribution < -0.4 is 5.32 Å². The lowest BCUT2D eigenvalue weighted by Gasteiger charge is -2.06. The second kappa shape index (κ2) is 6.05. The van der Waals surface area contributed by atoms with E-state index in [2.05, 4.69) is 43.9 Å². The highest BCUT2D eigenvalue weighted by Gasteiger charge is 2.11. The number of hydrogen-bond acceptors (Lipinski definition) is 4. The molecule has 0 bridgehead atoms. The lowest BCUT2D eigenvalue weighted by molar-refractivity contribution is 0.0956. The molecule has 0 fully saturated rings. The highest BCUT2D eigenvalue weighted by atomic mass is 32.1. The molecular formula is C15H16N4OS. The fourth-order valence-corrected chi connectivity index (χ4v) is 2.88. The van der Waals surface area contributed by atoms with Gasteiger partial charge in [-0.15, -0.1) is 5.10 Å². The number of fused-ring (bicyclic) bond motifs is 1.